The number of benzene rings is 1. The van der Waals surface area contributed by atoms with E-state index in [9.17, 15) is 5.11 Å². The highest BCUT2D eigenvalue weighted by Crippen LogP contribution is 2.26. The maximum Gasteiger partial charge on any atom is 0.228 e. The quantitative estimate of drug-likeness (QED) is 0.730. The largest absolute Gasteiger partial charge is 0.497 e. The van der Waals surface area contributed by atoms with E-state index < -0.39 is 0 Å². The molecule has 1 saturated heterocycles. The summed E-state index contributed by atoms with van der Waals surface area (Å²) < 4.78 is 16.0. The zero-order valence-electron chi connectivity index (χ0n) is 16.7. The van der Waals surface area contributed by atoms with Gasteiger partial charge in [-0.25, -0.2) is 4.98 Å². The van der Waals surface area contributed by atoms with Crippen LogP contribution in [0.4, 0.5) is 5.95 Å². The van der Waals surface area contributed by atoms with E-state index in [-0.39, 0.29) is 12.6 Å². The Labute approximate surface area is 165 Å². The van der Waals surface area contributed by atoms with Crippen LogP contribution in [0, 0.1) is 0 Å². The molecule has 0 saturated carbocycles. The highest BCUT2D eigenvalue weighted by molar-refractivity contribution is 5.39. The maximum atomic E-state index is 9.57. The van der Waals surface area contributed by atoms with Crippen LogP contribution in [0.2, 0.25) is 0 Å². The van der Waals surface area contributed by atoms with E-state index in [0.717, 1.165) is 43.2 Å². The summed E-state index contributed by atoms with van der Waals surface area (Å²) in [7, 11) is 4.90. The van der Waals surface area contributed by atoms with E-state index >= 15 is 0 Å². The topological polar surface area (TPSA) is 80.2 Å². The van der Waals surface area contributed by atoms with Gasteiger partial charge in [-0.05, 0) is 24.1 Å². The van der Waals surface area contributed by atoms with Crippen LogP contribution in [0.3, 0.4) is 0 Å². The fourth-order valence-corrected chi connectivity index (χ4v) is 3.50. The second-order valence-electron chi connectivity index (χ2n) is 6.70. The number of aromatic nitrogens is 2. The minimum atomic E-state index is 0.134. The molecule has 1 aromatic heterocycles. The van der Waals surface area contributed by atoms with E-state index in [1.807, 2.05) is 18.2 Å². The lowest BCUT2D eigenvalue weighted by atomic mass is 10.1. The Bertz CT molecular complexity index is 751. The van der Waals surface area contributed by atoms with Crippen molar-refractivity contribution in [2.75, 3.05) is 52.5 Å². The van der Waals surface area contributed by atoms with Crippen molar-refractivity contribution in [1.82, 2.24) is 14.9 Å². The zero-order valence-corrected chi connectivity index (χ0v) is 16.7. The van der Waals surface area contributed by atoms with Crippen molar-refractivity contribution in [3.05, 3.63) is 36.0 Å². The standard InChI is InChI=1S/C20H28N4O4/c1-26-17-10-15(11-18(12-17)27-2)13-23-7-8-24(14-16(23)5-9-25)20-21-6-4-19(22-20)28-3/h4,6,10-12,16,25H,5,7-9,13-14H2,1-3H3/t16-/m1/s1. The van der Waals surface area contributed by atoms with Gasteiger partial charge in [0.15, 0.2) is 0 Å². The summed E-state index contributed by atoms with van der Waals surface area (Å²) in [6.07, 6.45) is 2.39. The summed E-state index contributed by atoms with van der Waals surface area (Å²) >= 11 is 0. The summed E-state index contributed by atoms with van der Waals surface area (Å²) in [5, 5.41) is 9.57. The predicted octanol–water partition coefficient (Wildman–Crippen LogP) is 1.58. The van der Waals surface area contributed by atoms with Gasteiger partial charge >= 0.3 is 0 Å². The van der Waals surface area contributed by atoms with Gasteiger partial charge in [0.2, 0.25) is 11.8 Å². The molecule has 1 atom stereocenters. The molecule has 0 aliphatic carbocycles. The van der Waals surface area contributed by atoms with E-state index in [0.29, 0.717) is 18.2 Å². The van der Waals surface area contributed by atoms with Crippen LogP contribution in [-0.2, 0) is 6.54 Å². The number of anilines is 1. The van der Waals surface area contributed by atoms with Crippen molar-refractivity contribution < 1.29 is 19.3 Å². The van der Waals surface area contributed by atoms with Crippen molar-refractivity contribution in [3.63, 3.8) is 0 Å². The van der Waals surface area contributed by atoms with Gasteiger partial charge < -0.3 is 24.2 Å². The predicted molar refractivity (Wildman–Crippen MR) is 106 cm³/mol. The first-order valence-electron chi connectivity index (χ1n) is 9.35. The van der Waals surface area contributed by atoms with Crippen LogP contribution in [0.15, 0.2) is 30.5 Å². The lowest BCUT2D eigenvalue weighted by Crippen LogP contribution is -2.53. The molecular weight excluding hydrogens is 360 g/mol. The molecule has 2 aromatic rings. The Hall–Kier alpha value is -2.58. The molecule has 0 radical (unpaired) electrons. The molecule has 8 heteroatoms. The molecule has 1 fully saturated rings. The molecule has 28 heavy (non-hydrogen) atoms. The van der Waals surface area contributed by atoms with Gasteiger partial charge in [-0.15, -0.1) is 0 Å². The van der Waals surface area contributed by atoms with E-state index in [1.54, 1.807) is 33.6 Å². The molecule has 0 bridgehead atoms. The fraction of sp³-hybridized carbons (Fsp3) is 0.500. The van der Waals surface area contributed by atoms with Crippen LogP contribution < -0.4 is 19.1 Å². The van der Waals surface area contributed by atoms with Crippen molar-refractivity contribution in [2.24, 2.45) is 0 Å². The van der Waals surface area contributed by atoms with Gasteiger partial charge in [0, 0.05) is 57.2 Å². The maximum absolute atomic E-state index is 9.57. The monoisotopic (exact) mass is 388 g/mol. The minimum Gasteiger partial charge on any atom is -0.497 e. The van der Waals surface area contributed by atoms with Crippen LogP contribution in [0.5, 0.6) is 17.4 Å². The number of aliphatic hydroxyl groups excluding tert-OH is 1. The number of nitrogens with zero attached hydrogens (tertiary/aromatic N) is 4. The first-order chi connectivity index (χ1) is 13.7. The van der Waals surface area contributed by atoms with Crippen LogP contribution in [0.25, 0.3) is 0 Å². The summed E-state index contributed by atoms with van der Waals surface area (Å²) in [5.74, 6) is 2.76. The Morgan fingerprint density at radius 1 is 1.07 bits per heavy atom. The molecule has 0 amide bonds. The van der Waals surface area contributed by atoms with Crippen LogP contribution in [0.1, 0.15) is 12.0 Å². The second-order valence-corrected chi connectivity index (χ2v) is 6.70. The van der Waals surface area contributed by atoms with Crippen LogP contribution in [-0.4, -0.2) is 73.6 Å². The molecule has 2 heterocycles. The number of rotatable bonds is 8. The number of hydrogen-bond acceptors (Lipinski definition) is 8. The molecular formula is C20H28N4O4. The molecule has 1 aliphatic heterocycles. The zero-order chi connectivity index (χ0) is 19.9. The Morgan fingerprint density at radius 2 is 1.82 bits per heavy atom. The minimum absolute atomic E-state index is 0.134. The van der Waals surface area contributed by atoms with Gasteiger partial charge in [0.05, 0.1) is 21.3 Å². The first-order valence-corrected chi connectivity index (χ1v) is 9.35. The second kappa shape index (κ2) is 9.57. The molecule has 0 spiro atoms. The van der Waals surface area contributed by atoms with Crippen molar-refractivity contribution in [2.45, 2.75) is 19.0 Å². The highest BCUT2D eigenvalue weighted by Gasteiger charge is 2.28. The molecule has 152 valence electrons. The molecule has 1 aromatic carbocycles. The molecule has 0 unspecified atom stereocenters. The summed E-state index contributed by atoms with van der Waals surface area (Å²) in [5.41, 5.74) is 1.12. The fourth-order valence-electron chi connectivity index (χ4n) is 3.50. The number of hydrogen-bond donors (Lipinski definition) is 1. The third-order valence-electron chi connectivity index (χ3n) is 4.97. The number of ether oxygens (including phenoxy) is 3. The lowest BCUT2D eigenvalue weighted by molar-refractivity contribution is 0.134. The smallest absolute Gasteiger partial charge is 0.228 e. The summed E-state index contributed by atoms with van der Waals surface area (Å²) in [6.45, 7) is 3.27. The van der Waals surface area contributed by atoms with E-state index in [1.165, 1.54) is 0 Å². The third kappa shape index (κ3) is 4.82. The highest BCUT2D eigenvalue weighted by atomic mass is 16.5. The SMILES string of the molecule is COc1cc(CN2CCN(c3nccc(OC)n3)C[C@H]2CCO)cc(OC)c1. The summed E-state index contributed by atoms with van der Waals surface area (Å²) in [6, 6.07) is 7.84. The van der Waals surface area contributed by atoms with Crippen molar-refractivity contribution in [1.29, 1.82) is 0 Å². The van der Waals surface area contributed by atoms with Gasteiger partial charge in [-0.2, -0.15) is 4.98 Å². The average Bonchev–Trinajstić information content (AvgIpc) is 2.74. The first kappa shape index (κ1) is 20.2. The lowest BCUT2D eigenvalue weighted by Gasteiger charge is -2.41. The van der Waals surface area contributed by atoms with Crippen molar-refractivity contribution >= 4 is 5.95 Å². The molecule has 1 N–H and O–H groups in total. The van der Waals surface area contributed by atoms with Gasteiger partial charge in [0.25, 0.3) is 0 Å². The van der Waals surface area contributed by atoms with Gasteiger partial charge in [-0.1, -0.05) is 0 Å². The van der Waals surface area contributed by atoms with Crippen LogP contribution >= 0.6 is 0 Å². The van der Waals surface area contributed by atoms with E-state index in [4.69, 9.17) is 14.2 Å². The number of aliphatic hydroxyl groups is 1. The van der Waals surface area contributed by atoms with Gasteiger partial charge in [0.1, 0.15) is 11.5 Å². The average molecular weight is 388 g/mol. The Balaban J connectivity index is 1.74. The molecule has 3 rings (SSSR count). The van der Waals surface area contributed by atoms with Gasteiger partial charge in [-0.3, -0.25) is 4.90 Å². The molecule has 1 aliphatic rings. The Morgan fingerprint density at radius 3 is 2.46 bits per heavy atom. The summed E-state index contributed by atoms with van der Waals surface area (Å²) in [4.78, 5) is 13.3. The third-order valence-corrected chi connectivity index (χ3v) is 4.97. The van der Waals surface area contributed by atoms with E-state index in [2.05, 4.69) is 19.8 Å². The number of methoxy groups -OCH3 is 3. The van der Waals surface area contributed by atoms with Crippen molar-refractivity contribution in [3.8, 4) is 17.4 Å². The number of piperazine rings is 1. The Kier molecular flexibility index (Phi) is 6.89. The molecule has 8 nitrogen and oxygen atoms in total. The normalized spacial score (nSPS) is 17.4.